The number of hydrogen-bond donors (Lipinski definition) is 1. The molecule has 0 saturated carbocycles. The highest BCUT2D eigenvalue weighted by Crippen LogP contribution is 2.51. The predicted molar refractivity (Wildman–Crippen MR) is 165 cm³/mol. The van der Waals surface area contributed by atoms with Crippen molar-refractivity contribution < 1.29 is 23.8 Å². The van der Waals surface area contributed by atoms with Crippen molar-refractivity contribution >= 4 is 29.4 Å². The highest BCUT2D eigenvalue weighted by molar-refractivity contribution is 8.00. The van der Waals surface area contributed by atoms with Gasteiger partial charge in [0.2, 0.25) is 11.8 Å². The fourth-order valence-corrected chi connectivity index (χ4v) is 6.75. The van der Waals surface area contributed by atoms with Gasteiger partial charge >= 0.3 is 0 Å². The van der Waals surface area contributed by atoms with Gasteiger partial charge in [0.05, 0.1) is 42.7 Å². The second-order valence-corrected chi connectivity index (χ2v) is 12.9. The first-order valence-corrected chi connectivity index (χ1v) is 15.4. The quantitative estimate of drug-likeness (QED) is 0.395. The molecule has 1 saturated heterocycles. The molecular formula is C32H40N4O5S. The van der Waals surface area contributed by atoms with Crippen molar-refractivity contribution in [2.45, 2.75) is 57.3 Å². The molecule has 0 unspecified atom stereocenters. The number of benzene rings is 2. The molecule has 224 valence electrons. The Balaban J connectivity index is 1.70. The van der Waals surface area contributed by atoms with E-state index in [1.165, 1.54) is 11.8 Å². The molecule has 2 aliphatic heterocycles. The zero-order valence-corrected chi connectivity index (χ0v) is 26.0. The van der Waals surface area contributed by atoms with E-state index in [1.54, 1.807) is 19.1 Å². The van der Waals surface area contributed by atoms with Gasteiger partial charge in [-0.15, -0.1) is 11.8 Å². The monoisotopic (exact) mass is 592 g/mol. The van der Waals surface area contributed by atoms with Gasteiger partial charge in [-0.3, -0.25) is 14.5 Å². The lowest BCUT2D eigenvalue weighted by Gasteiger charge is -2.25. The second-order valence-electron chi connectivity index (χ2n) is 11.8. The number of fused-ring (bicyclic) bond motifs is 1. The Morgan fingerprint density at radius 2 is 1.98 bits per heavy atom. The van der Waals surface area contributed by atoms with Crippen LogP contribution in [0.4, 0.5) is 5.82 Å². The molecule has 0 spiro atoms. The smallest absolute Gasteiger partial charge is 0.240 e. The third-order valence-corrected chi connectivity index (χ3v) is 8.85. The van der Waals surface area contributed by atoms with Crippen molar-refractivity contribution in [3.05, 3.63) is 64.8 Å². The fourth-order valence-electron chi connectivity index (χ4n) is 5.54. The highest BCUT2D eigenvalue weighted by atomic mass is 32.2. The predicted octanol–water partition coefficient (Wildman–Crippen LogP) is 4.96. The van der Waals surface area contributed by atoms with Gasteiger partial charge in [-0.25, -0.2) is 4.68 Å². The maximum Gasteiger partial charge on any atom is 0.240 e. The SMILES string of the molecule is COc1ccc(OC)c([C@H]2SCC(=O)N(CC(=O)NC[C@H]3CCCO3)c3c2c(C(C)(C)C)nn3-c2cccc(C)c2)c1. The summed E-state index contributed by atoms with van der Waals surface area (Å²) in [5.41, 5.74) is 4.14. The largest absolute Gasteiger partial charge is 0.497 e. The molecule has 9 nitrogen and oxygen atoms in total. The van der Waals surface area contributed by atoms with E-state index in [4.69, 9.17) is 19.3 Å². The Bertz CT molecular complexity index is 1460. The van der Waals surface area contributed by atoms with Crippen LogP contribution < -0.4 is 19.7 Å². The van der Waals surface area contributed by atoms with E-state index in [2.05, 4.69) is 26.1 Å². The lowest BCUT2D eigenvalue weighted by molar-refractivity contribution is -0.123. The molecule has 0 aliphatic carbocycles. The molecule has 1 aromatic heterocycles. The maximum absolute atomic E-state index is 13.9. The summed E-state index contributed by atoms with van der Waals surface area (Å²) in [6.07, 6.45) is 1.92. The first-order valence-electron chi connectivity index (χ1n) is 14.3. The fraction of sp³-hybridized carbons (Fsp3) is 0.469. The number of nitrogens with zero attached hydrogens (tertiary/aromatic N) is 3. The Labute approximate surface area is 251 Å². The number of carbonyl (C=O) groups excluding carboxylic acids is 2. The van der Waals surface area contributed by atoms with E-state index < -0.39 is 0 Å². The van der Waals surface area contributed by atoms with E-state index in [0.29, 0.717) is 30.5 Å². The van der Waals surface area contributed by atoms with Gasteiger partial charge in [-0.2, -0.15) is 5.10 Å². The summed E-state index contributed by atoms with van der Waals surface area (Å²) >= 11 is 1.51. The number of anilines is 1. The van der Waals surface area contributed by atoms with E-state index in [1.807, 2.05) is 54.1 Å². The highest BCUT2D eigenvalue weighted by Gasteiger charge is 2.41. The summed E-state index contributed by atoms with van der Waals surface area (Å²) in [6.45, 7) is 9.40. The van der Waals surface area contributed by atoms with Crippen LogP contribution in [-0.4, -0.2) is 67.4 Å². The number of rotatable bonds is 8. The van der Waals surface area contributed by atoms with Crippen LogP contribution in [0.2, 0.25) is 0 Å². The summed E-state index contributed by atoms with van der Waals surface area (Å²) in [4.78, 5) is 28.9. The van der Waals surface area contributed by atoms with Gasteiger partial charge in [0, 0.05) is 29.7 Å². The van der Waals surface area contributed by atoms with Crippen LogP contribution in [0.5, 0.6) is 11.5 Å². The number of thioether (sulfide) groups is 1. The van der Waals surface area contributed by atoms with Crippen LogP contribution >= 0.6 is 11.8 Å². The average Bonchev–Trinajstić information content (AvgIpc) is 3.61. The number of carbonyl (C=O) groups is 2. The van der Waals surface area contributed by atoms with Crippen LogP contribution in [-0.2, 0) is 19.7 Å². The summed E-state index contributed by atoms with van der Waals surface area (Å²) in [5.74, 6) is 1.77. The van der Waals surface area contributed by atoms with Crippen molar-refractivity contribution in [1.82, 2.24) is 15.1 Å². The van der Waals surface area contributed by atoms with Gasteiger partial charge in [0.25, 0.3) is 0 Å². The minimum atomic E-state index is -0.370. The number of amides is 2. The minimum Gasteiger partial charge on any atom is -0.497 e. The molecular weight excluding hydrogens is 552 g/mol. The topological polar surface area (TPSA) is 94.9 Å². The number of nitrogens with one attached hydrogen (secondary N) is 1. The van der Waals surface area contributed by atoms with Gasteiger partial charge in [-0.1, -0.05) is 32.9 Å². The molecule has 2 atom stereocenters. The standard InChI is InChI=1S/C32H40N4O5S/c1-20-9-7-10-21(15-20)36-31-28(30(34-36)32(2,3)4)29(24-16-22(39-5)12-13-25(24)40-6)42-19-27(38)35(31)18-26(37)33-17-23-11-8-14-41-23/h7,9-10,12-13,15-16,23,29H,8,11,14,17-19H2,1-6H3,(H,33,37)/t23-,29-/m1/s1. The Hall–Kier alpha value is -3.50. The van der Waals surface area contributed by atoms with Crippen LogP contribution in [0.25, 0.3) is 5.69 Å². The van der Waals surface area contributed by atoms with Crippen molar-refractivity contribution in [3.8, 4) is 17.2 Å². The van der Waals surface area contributed by atoms with E-state index >= 15 is 0 Å². The molecule has 0 radical (unpaired) electrons. The third-order valence-electron chi connectivity index (χ3n) is 7.62. The van der Waals surface area contributed by atoms with Crippen LogP contribution in [0, 0.1) is 6.92 Å². The number of methoxy groups -OCH3 is 2. The van der Waals surface area contributed by atoms with Crippen molar-refractivity contribution in [3.63, 3.8) is 0 Å². The average molecular weight is 593 g/mol. The number of aryl methyl sites for hydroxylation is 1. The molecule has 1 N–H and O–H groups in total. The molecule has 3 aromatic rings. The Morgan fingerprint density at radius 3 is 2.64 bits per heavy atom. The lowest BCUT2D eigenvalue weighted by atomic mass is 9.87. The molecule has 42 heavy (non-hydrogen) atoms. The zero-order chi connectivity index (χ0) is 30.0. The summed E-state index contributed by atoms with van der Waals surface area (Å²) in [7, 11) is 3.28. The van der Waals surface area contributed by atoms with Crippen molar-refractivity contribution in [2.75, 3.05) is 44.6 Å². The van der Waals surface area contributed by atoms with Crippen LogP contribution in [0.1, 0.15) is 61.2 Å². The summed E-state index contributed by atoms with van der Waals surface area (Å²) in [6, 6.07) is 13.7. The normalized spacial score (nSPS) is 18.9. The molecule has 2 aliphatic rings. The molecule has 3 heterocycles. The maximum atomic E-state index is 13.9. The summed E-state index contributed by atoms with van der Waals surface area (Å²) < 4.78 is 18.9. The second kappa shape index (κ2) is 12.4. The number of ether oxygens (including phenoxy) is 3. The molecule has 2 aromatic carbocycles. The molecule has 10 heteroatoms. The van der Waals surface area contributed by atoms with E-state index in [9.17, 15) is 9.59 Å². The van der Waals surface area contributed by atoms with Gasteiger partial charge < -0.3 is 19.5 Å². The van der Waals surface area contributed by atoms with Crippen molar-refractivity contribution in [1.29, 1.82) is 0 Å². The van der Waals surface area contributed by atoms with E-state index in [-0.39, 0.29) is 40.9 Å². The van der Waals surface area contributed by atoms with Crippen LogP contribution in [0.15, 0.2) is 42.5 Å². The first-order chi connectivity index (χ1) is 20.1. The number of aromatic nitrogens is 2. The van der Waals surface area contributed by atoms with Gasteiger partial charge in [0.1, 0.15) is 23.9 Å². The van der Waals surface area contributed by atoms with Crippen molar-refractivity contribution in [2.24, 2.45) is 0 Å². The first kappa shape index (κ1) is 30.0. The molecule has 0 bridgehead atoms. The zero-order valence-electron chi connectivity index (χ0n) is 25.2. The van der Waals surface area contributed by atoms with Gasteiger partial charge in [0.15, 0.2) is 0 Å². The molecule has 2 amide bonds. The lowest BCUT2D eigenvalue weighted by Crippen LogP contribution is -2.44. The Morgan fingerprint density at radius 1 is 1.17 bits per heavy atom. The Kier molecular flexibility index (Phi) is 8.84. The van der Waals surface area contributed by atoms with E-state index in [0.717, 1.165) is 40.9 Å². The minimum absolute atomic E-state index is 0.00937. The third kappa shape index (κ3) is 6.15. The molecule has 1 fully saturated rings. The van der Waals surface area contributed by atoms with Gasteiger partial charge in [-0.05, 0) is 55.7 Å². The van der Waals surface area contributed by atoms with Crippen LogP contribution in [0.3, 0.4) is 0 Å². The number of hydrogen-bond acceptors (Lipinski definition) is 7. The summed E-state index contributed by atoms with van der Waals surface area (Å²) in [5, 5.41) is 7.87. The molecule has 5 rings (SSSR count).